The average molecular weight is 223 g/mol. The van der Waals surface area contributed by atoms with Gasteiger partial charge in [-0.05, 0) is 30.5 Å². The molecular weight excluding hydrogens is 206 g/mol. The van der Waals surface area contributed by atoms with Gasteiger partial charge in [0, 0.05) is 18.0 Å². The summed E-state index contributed by atoms with van der Waals surface area (Å²) in [6.45, 7) is 5.99. The maximum absolute atomic E-state index is 5.55. The Morgan fingerprint density at radius 1 is 1.40 bits per heavy atom. The highest BCUT2D eigenvalue weighted by atomic mass is 32.2. The smallest absolute Gasteiger partial charge is 0.119 e. The van der Waals surface area contributed by atoms with E-state index < -0.39 is 0 Å². The Kier molecular flexibility index (Phi) is 5.97. The minimum absolute atomic E-state index is 0.687. The Hall–Kier alpha value is -0.930. The maximum atomic E-state index is 5.55. The van der Waals surface area contributed by atoms with E-state index in [1.54, 1.807) is 11.8 Å². The molecule has 0 saturated carbocycles. The van der Waals surface area contributed by atoms with E-state index in [9.17, 15) is 0 Å². The second-order valence-corrected chi connectivity index (χ2v) is 3.90. The number of ether oxygens (including phenoxy) is 1. The predicted molar refractivity (Wildman–Crippen MR) is 66.8 cm³/mol. The molecule has 15 heavy (non-hydrogen) atoms. The van der Waals surface area contributed by atoms with Crippen molar-refractivity contribution in [3.05, 3.63) is 36.9 Å². The van der Waals surface area contributed by atoms with E-state index in [1.165, 1.54) is 4.90 Å². The molecule has 1 rings (SSSR count). The molecule has 0 heterocycles. The maximum Gasteiger partial charge on any atom is 0.119 e. The molecule has 2 nitrogen and oxygen atoms in total. The summed E-state index contributed by atoms with van der Waals surface area (Å²) in [5.41, 5.74) is 0. The second kappa shape index (κ2) is 7.37. The first kappa shape index (κ1) is 12.1. The van der Waals surface area contributed by atoms with Crippen LogP contribution in [-0.2, 0) is 0 Å². The number of benzene rings is 1. The minimum atomic E-state index is 0.687. The third kappa shape index (κ3) is 4.91. The fraction of sp³-hybridized carbons (Fsp3) is 0.333. The van der Waals surface area contributed by atoms with Crippen LogP contribution in [0.4, 0.5) is 0 Å². The molecule has 0 spiro atoms. The monoisotopic (exact) mass is 223 g/mol. The van der Waals surface area contributed by atoms with E-state index in [0.717, 1.165) is 18.8 Å². The fourth-order valence-corrected chi connectivity index (χ4v) is 1.53. The molecule has 82 valence electrons. The van der Waals surface area contributed by atoms with Crippen LogP contribution in [-0.4, -0.2) is 26.0 Å². The van der Waals surface area contributed by atoms with E-state index in [2.05, 4.69) is 30.3 Å². The Labute approximate surface area is 95.7 Å². The van der Waals surface area contributed by atoms with E-state index in [4.69, 9.17) is 4.74 Å². The summed E-state index contributed by atoms with van der Waals surface area (Å²) in [5, 5.41) is 3.18. The number of hydrogen-bond donors (Lipinski definition) is 1. The summed E-state index contributed by atoms with van der Waals surface area (Å²) in [6, 6.07) is 8.13. The molecule has 0 amide bonds. The lowest BCUT2D eigenvalue weighted by molar-refractivity contribution is 0.316. The first-order chi connectivity index (χ1) is 7.36. The first-order valence-corrected chi connectivity index (χ1v) is 6.17. The second-order valence-electron chi connectivity index (χ2n) is 3.02. The molecule has 0 radical (unpaired) electrons. The van der Waals surface area contributed by atoms with Gasteiger partial charge in [-0.2, -0.15) is 0 Å². The Morgan fingerprint density at radius 2 is 2.13 bits per heavy atom. The van der Waals surface area contributed by atoms with E-state index >= 15 is 0 Å². The van der Waals surface area contributed by atoms with Gasteiger partial charge in [-0.15, -0.1) is 18.3 Å². The third-order valence-corrected chi connectivity index (χ3v) is 2.64. The van der Waals surface area contributed by atoms with Gasteiger partial charge in [0.05, 0.1) is 0 Å². The molecule has 0 aliphatic heterocycles. The lowest BCUT2D eigenvalue weighted by Gasteiger charge is -2.06. The van der Waals surface area contributed by atoms with Gasteiger partial charge in [0.25, 0.3) is 0 Å². The molecule has 0 unspecified atom stereocenters. The summed E-state index contributed by atoms with van der Waals surface area (Å²) in [4.78, 5) is 1.26. The molecule has 1 aromatic carbocycles. The Morgan fingerprint density at radius 3 is 2.73 bits per heavy atom. The number of nitrogens with one attached hydrogen (secondary N) is 1. The zero-order chi connectivity index (χ0) is 10.9. The van der Waals surface area contributed by atoms with Crippen molar-refractivity contribution in [2.45, 2.75) is 4.90 Å². The summed E-state index contributed by atoms with van der Waals surface area (Å²) in [5.74, 6) is 0.924. The normalized spacial score (nSPS) is 9.93. The molecule has 0 aliphatic rings. The van der Waals surface area contributed by atoms with Gasteiger partial charge in [0.1, 0.15) is 12.4 Å². The highest BCUT2D eigenvalue weighted by Crippen LogP contribution is 2.18. The van der Waals surface area contributed by atoms with Crippen molar-refractivity contribution >= 4 is 11.8 Å². The van der Waals surface area contributed by atoms with Crippen molar-refractivity contribution < 1.29 is 4.74 Å². The molecule has 0 atom stereocenters. The van der Waals surface area contributed by atoms with Crippen molar-refractivity contribution in [1.29, 1.82) is 0 Å². The number of rotatable bonds is 7. The number of hydrogen-bond acceptors (Lipinski definition) is 3. The van der Waals surface area contributed by atoms with Crippen LogP contribution in [0.25, 0.3) is 0 Å². The lowest BCUT2D eigenvalue weighted by atomic mass is 10.3. The van der Waals surface area contributed by atoms with Crippen LogP contribution >= 0.6 is 11.8 Å². The molecule has 0 bridgehead atoms. The molecule has 1 aromatic rings. The summed E-state index contributed by atoms with van der Waals surface area (Å²) >= 11 is 1.73. The van der Waals surface area contributed by atoms with Crippen molar-refractivity contribution in [1.82, 2.24) is 5.32 Å². The SMILES string of the molecule is C=CCNCCOc1ccc(SC)cc1. The van der Waals surface area contributed by atoms with Crippen LogP contribution in [0.3, 0.4) is 0 Å². The molecule has 3 heteroatoms. The van der Waals surface area contributed by atoms with Crippen LogP contribution in [0.2, 0.25) is 0 Å². The Bertz CT molecular complexity index is 284. The fourth-order valence-electron chi connectivity index (χ4n) is 1.12. The van der Waals surface area contributed by atoms with Crippen molar-refractivity contribution in [2.75, 3.05) is 26.0 Å². The summed E-state index contributed by atoms with van der Waals surface area (Å²) in [6.07, 6.45) is 3.91. The van der Waals surface area contributed by atoms with Gasteiger partial charge in [-0.25, -0.2) is 0 Å². The topological polar surface area (TPSA) is 21.3 Å². The average Bonchev–Trinajstić information content (AvgIpc) is 2.30. The van der Waals surface area contributed by atoms with E-state index in [-0.39, 0.29) is 0 Å². The standard InChI is InChI=1S/C12H17NOS/c1-3-8-13-9-10-14-11-4-6-12(15-2)7-5-11/h3-7,13H,1,8-10H2,2H3. The zero-order valence-corrected chi connectivity index (χ0v) is 9.85. The molecule has 1 N–H and O–H groups in total. The van der Waals surface area contributed by atoms with Crippen LogP contribution in [0.1, 0.15) is 0 Å². The highest BCUT2D eigenvalue weighted by Gasteiger charge is 1.93. The van der Waals surface area contributed by atoms with Crippen molar-refractivity contribution in [2.24, 2.45) is 0 Å². The van der Waals surface area contributed by atoms with Crippen LogP contribution in [0.15, 0.2) is 41.8 Å². The van der Waals surface area contributed by atoms with Crippen LogP contribution < -0.4 is 10.1 Å². The van der Waals surface area contributed by atoms with Crippen molar-refractivity contribution in [3.63, 3.8) is 0 Å². The van der Waals surface area contributed by atoms with Crippen molar-refractivity contribution in [3.8, 4) is 5.75 Å². The number of thioether (sulfide) groups is 1. The first-order valence-electron chi connectivity index (χ1n) is 4.95. The molecule has 0 aromatic heterocycles. The molecular formula is C12H17NOS. The van der Waals surface area contributed by atoms with Crippen LogP contribution in [0.5, 0.6) is 5.75 Å². The van der Waals surface area contributed by atoms with Gasteiger partial charge < -0.3 is 10.1 Å². The molecule has 0 fully saturated rings. The largest absolute Gasteiger partial charge is 0.492 e. The Balaban J connectivity index is 2.22. The van der Waals surface area contributed by atoms with Gasteiger partial charge in [-0.3, -0.25) is 0 Å². The molecule has 0 saturated heterocycles. The quantitative estimate of drug-likeness (QED) is 0.436. The summed E-state index contributed by atoms with van der Waals surface area (Å²) < 4.78 is 5.55. The van der Waals surface area contributed by atoms with Crippen LogP contribution in [0, 0.1) is 0 Å². The highest BCUT2D eigenvalue weighted by molar-refractivity contribution is 7.98. The van der Waals surface area contributed by atoms with Gasteiger partial charge in [0.15, 0.2) is 0 Å². The van der Waals surface area contributed by atoms with E-state index in [1.807, 2.05) is 18.2 Å². The van der Waals surface area contributed by atoms with Gasteiger partial charge in [-0.1, -0.05) is 6.08 Å². The van der Waals surface area contributed by atoms with E-state index in [0.29, 0.717) is 6.61 Å². The minimum Gasteiger partial charge on any atom is -0.492 e. The summed E-state index contributed by atoms with van der Waals surface area (Å²) in [7, 11) is 0. The molecule has 0 aliphatic carbocycles. The third-order valence-electron chi connectivity index (χ3n) is 1.90. The van der Waals surface area contributed by atoms with Gasteiger partial charge in [0.2, 0.25) is 0 Å². The lowest BCUT2D eigenvalue weighted by Crippen LogP contribution is -2.20. The van der Waals surface area contributed by atoms with Gasteiger partial charge >= 0.3 is 0 Å². The zero-order valence-electron chi connectivity index (χ0n) is 9.03. The predicted octanol–water partition coefficient (Wildman–Crippen LogP) is 2.56.